The van der Waals surface area contributed by atoms with E-state index < -0.39 is 0 Å². The fourth-order valence-electron chi connectivity index (χ4n) is 2.08. The van der Waals surface area contributed by atoms with Crippen molar-refractivity contribution in [3.63, 3.8) is 0 Å². The first-order valence-corrected chi connectivity index (χ1v) is 5.58. The smallest absolute Gasteiger partial charge is 0.208 e. The number of hydrazine groups is 1. The van der Waals surface area contributed by atoms with Gasteiger partial charge >= 0.3 is 0 Å². The van der Waals surface area contributed by atoms with E-state index in [-0.39, 0.29) is 0 Å². The molecule has 1 aliphatic heterocycles. The number of rotatable bonds is 3. The van der Waals surface area contributed by atoms with Gasteiger partial charge in [0.05, 0.1) is 0 Å². The Morgan fingerprint density at radius 1 is 1.67 bits per heavy atom. The molecule has 0 spiro atoms. The van der Waals surface area contributed by atoms with E-state index in [4.69, 9.17) is 5.84 Å². The van der Waals surface area contributed by atoms with Gasteiger partial charge in [-0.25, -0.2) is 5.84 Å². The minimum absolute atomic E-state index is 0.732. The van der Waals surface area contributed by atoms with Crippen LogP contribution in [0.4, 0.5) is 0 Å². The lowest BCUT2D eigenvalue weighted by Gasteiger charge is -2.23. The fourth-order valence-corrected chi connectivity index (χ4v) is 2.08. The molecule has 1 heterocycles. The highest BCUT2D eigenvalue weighted by Gasteiger charge is 2.21. The van der Waals surface area contributed by atoms with E-state index in [2.05, 4.69) is 27.3 Å². The zero-order chi connectivity index (χ0) is 11.3. The predicted molar refractivity (Wildman–Crippen MR) is 63.5 cm³/mol. The van der Waals surface area contributed by atoms with E-state index in [1.165, 1.54) is 19.5 Å². The van der Waals surface area contributed by atoms with Crippen LogP contribution in [0.3, 0.4) is 0 Å². The number of nitrogens with zero attached hydrogens (tertiary/aromatic N) is 3. The molecule has 5 heteroatoms. The molecule has 1 saturated heterocycles. The third-order valence-electron chi connectivity index (χ3n) is 2.82. The van der Waals surface area contributed by atoms with Gasteiger partial charge in [-0.3, -0.25) is 10.4 Å². The van der Waals surface area contributed by atoms with Gasteiger partial charge in [-0.15, -0.1) is 0 Å². The maximum atomic E-state index is 5.43. The van der Waals surface area contributed by atoms with Crippen LogP contribution < -0.4 is 11.3 Å². The minimum atomic E-state index is 0.732. The van der Waals surface area contributed by atoms with Crippen molar-refractivity contribution in [2.45, 2.75) is 13.3 Å². The Labute approximate surface area is 92.3 Å². The van der Waals surface area contributed by atoms with Gasteiger partial charge in [0.1, 0.15) is 0 Å². The zero-order valence-electron chi connectivity index (χ0n) is 10.0. The molecule has 0 aromatic carbocycles. The van der Waals surface area contributed by atoms with Crippen LogP contribution in [0.2, 0.25) is 0 Å². The largest absolute Gasteiger partial charge is 0.345 e. The van der Waals surface area contributed by atoms with Crippen molar-refractivity contribution >= 4 is 5.96 Å². The van der Waals surface area contributed by atoms with E-state index in [0.717, 1.165) is 25.0 Å². The standard InChI is InChI=1S/C10H23N5/c1-4-12-10(13-11)15(3)8-9-5-6-14(2)7-9/h9H,4-8,11H2,1-3H3,(H,12,13). The van der Waals surface area contributed by atoms with Crippen LogP contribution in [-0.2, 0) is 0 Å². The average molecular weight is 213 g/mol. The quantitative estimate of drug-likeness (QED) is 0.293. The molecule has 0 radical (unpaired) electrons. The number of guanidine groups is 1. The molecule has 0 amide bonds. The number of nitrogens with one attached hydrogen (secondary N) is 1. The molecule has 1 fully saturated rings. The zero-order valence-corrected chi connectivity index (χ0v) is 10.0. The van der Waals surface area contributed by atoms with E-state index in [0.29, 0.717) is 0 Å². The highest BCUT2D eigenvalue weighted by atomic mass is 15.4. The molecule has 1 rings (SSSR count). The molecular formula is C10H23N5. The lowest BCUT2D eigenvalue weighted by atomic mass is 10.1. The van der Waals surface area contributed by atoms with Gasteiger partial charge in [-0.1, -0.05) is 0 Å². The average Bonchev–Trinajstić information content (AvgIpc) is 2.60. The summed E-state index contributed by atoms with van der Waals surface area (Å²) >= 11 is 0. The Kier molecular flexibility index (Phi) is 4.84. The maximum Gasteiger partial charge on any atom is 0.208 e. The Hall–Kier alpha value is -0.810. The van der Waals surface area contributed by atoms with Crippen molar-refractivity contribution in [1.29, 1.82) is 0 Å². The van der Waals surface area contributed by atoms with E-state index in [1.54, 1.807) is 0 Å². The first-order valence-electron chi connectivity index (χ1n) is 5.58. The number of hydrogen-bond donors (Lipinski definition) is 2. The number of nitrogens with two attached hydrogens (primary N) is 1. The molecule has 1 unspecified atom stereocenters. The van der Waals surface area contributed by atoms with E-state index >= 15 is 0 Å². The molecule has 0 saturated carbocycles. The number of likely N-dealkylation sites (tertiary alicyclic amines) is 1. The van der Waals surface area contributed by atoms with Gasteiger partial charge in [-0.2, -0.15) is 0 Å². The molecule has 88 valence electrons. The third kappa shape index (κ3) is 3.68. The van der Waals surface area contributed by atoms with Crippen LogP contribution in [0.1, 0.15) is 13.3 Å². The monoisotopic (exact) mass is 213 g/mol. The second kappa shape index (κ2) is 5.92. The highest BCUT2D eigenvalue weighted by Crippen LogP contribution is 2.14. The Bertz CT molecular complexity index is 216. The van der Waals surface area contributed by atoms with Gasteiger partial charge in [0.25, 0.3) is 0 Å². The summed E-state index contributed by atoms with van der Waals surface area (Å²) in [6.45, 7) is 6.17. The van der Waals surface area contributed by atoms with Crippen LogP contribution in [0.15, 0.2) is 4.99 Å². The summed E-state index contributed by atoms with van der Waals surface area (Å²) in [5, 5.41) is 0. The van der Waals surface area contributed by atoms with Crippen molar-refractivity contribution in [1.82, 2.24) is 15.2 Å². The van der Waals surface area contributed by atoms with Gasteiger partial charge in [0, 0.05) is 26.7 Å². The van der Waals surface area contributed by atoms with Gasteiger partial charge in [0.15, 0.2) is 0 Å². The molecule has 5 nitrogen and oxygen atoms in total. The molecule has 1 atom stereocenters. The SMILES string of the molecule is CCN=C(NN)N(C)CC1CCN(C)C1. The van der Waals surface area contributed by atoms with Crippen molar-refractivity contribution in [2.75, 3.05) is 40.3 Å². The molecular weight excluding hydrogens is 190 g/mol. The number of aliphatic imine (C=N–C) groups is 1. The van der Waals surface area contributed by atoms with Crippen LogP contribution in [0.5, 0.6) is 0 Å². The summed E-state index contributed by atoms with van der Waals surface area (Å²) in [7, 11) is 4.20. The van der Waals surface area contributed by atoms with Gasteiger partial charge in [-0.05, 0) is 32.9 Å². The summed E-state index contributed by atoms with van der Waals surface area (Å²) in [5.74, 6) is 6.94. The first-order chi connectivity index (χ1) is 7.17. The summed E-state index contributed by atoms with van der Waals surface area (Å²) in [6.07, 6.45) is 1.27. The Balaban J connectivity index is 2.40. The fraction of sp³-hybridized carbons (Fsp3) is 0.900. The summed E-state index contributed by atoms with van der Waals surface area (Å²) in [5.41, 5.74) is 2.65. The molecule has 0 aromatic heterocycles. The predicted octanol–water partition coefficient (Wildman–Crippen LogP) is -0.291. The highest BCUT2D eigenvalue weighted by molar-refractivity contribution is 5.79. The first kappa shape index (κ1) is 12.3. The van der Waals surface area contributed by atoms with E-state index in [9.17, 15) is 0 Å². The van der Waals surface area contributed by atoms with Crippen LogP contribution >= 0.6 is 0 Å². The summed E-state index contributed by atoms with van der Waals surface area (Å²) in [6, 6.07) is 0. The molecule has 0 bridgehead atoms. The van der Waals surface area contributed by atoms with Crippen molar-refractivity contribution in [3.8, 4) is 0 Å². The number of hydrogen-bond acceptors (Lipinski definition) is 3. The summed E-state index contributed by atoms with van der Waals surface area (Å²) < 4.78 is 0. The lowest BCUT2D eigenvalue weighted by Crippen LogP contribution is -2.44. The van der Waals surface area contributed by atoms with Crippen LogP contribution in [0.25, 0.3) is 0 Å². The Morgan fingerprint density at radius 3 is 2.87 bits per heavy atom. The van der Waals surface area contributed by atoms with Gasteiger partial charge < -0.3 is 9.80 Å². The molecule has 15 heavy (non-hydrogen) atoms. The topological polar surface area (TPSA) is 56.9 Å². The third-order valence-corrected chi connectivity index (χ3v) is 2.82. The summed E-state index contributed by atoms with van der Waals surface area (Å²) in [4.78, 5) is 8.77. The molecule has 1 aliphatic rings. The minimum Gasteiger partial charge on any atom is -0.345 e. The molecule has 0 aliphatic carbocycles. The lowest BCUT2D eigenvalue weighted by molar-refractivity contribution is 0.350. The second-order valence-corrected chi connectivity index (χ2v) is 4.24. The van der Waals surface area contributed by atoms with E-state index in [1.807, 2.05) is 14.0 Å². The molecule has 3 N–H and O–H groups in total. The normalized spacial score (nSPS) is 23.2. The van der Waals surface area contributed by atoms with Crippen molar-refractivity contribution in [3.05, 3.63) is 0 Å². The second-order valence-electron chi connectivity index (χ2n) is 4.24. The maximum absolute atomic E-state index is 5.43. The van der Waals surface area contributed by atoms with Crippen LogP contribution in [0, 0.1) is 5.92 Å². The van der Waals surface area contributed by atoms with Gasteiger partial charge in [0.2, 0.25) is 5.96 Å². The Morgan fingerprint density at radius 2 is 2.40 bits per heavy atom. The van der Waals surface area contributed by atoms with Crippen LogP contribution in [-0.4, -0.2) is 56.0 Å². The molecule has 0 aromatic rings. The van der Waals surface area contributed by atoms with Crippen molar-refractivity contribution < 1.29 is 0 Å². The van der Waals surface area contributed by atoms with Crippen molar-refractivity contribution in [2.24, 2.45) is 16.8 Å².